The van der Waals surface area contributed by atoms with Crippen molar-refractivity contribution in [2.24, 2.45) is 0 Å². The van der Waals surface area contributed by atoms with Crippen LogP contribution >= 0.6 is 0 Å². The van der Waals surface area contributed by atoms with Gasteiger partial charge in [0, 0.05) is 5.56 Å². The number of benzene rings is 2. The van der Waals surface area contributed by atoms with E-state index in [2.05, 4.69) is 0 Å². The van der Waals surface area contributed by atoms with Crippen LogP contribution in [0.25, 0.3) is 11.1 Å². The topological polar surface area (TPSA) is 60.7 Å². The Bertz CT molecular complexity index is 509. The summed E-state index contributed by atoms with van der Waals surface area (Å²) in [6.45, 7) is 1.69. The van der Waals surface area contributed by atoms with Gasteiger partial charge in [-0.2, -0.15) is 0 Å². The largest absolute Gasteiger partial charge is 0.507 e. The van der Waals surface area contributed by atoms with Crippen molar-refractivity contribution in [3.8, 4) is 28.4 Å². The van der Waals surface area contributed by atoms with E-state index in [4.69, 9.17) is 0 Å². The summed E-state index contributed by atoms with van der Waals surface area (Å²) in [6, 6.07) is 10.00. The highest BCUT2D eigenvalue weighted by Gasteiger charge is 2.09. The van der Waals surface area contributed by atoms with Crippen molar-refractivity contribution in [2.75, 3.05) is 0 Å². The average molecular weight is 216 g/mol. The summed E-state index contributed by atoms with van der Waals surface area (Å²) in [5.41, 5.74) is 1.87. The Balaban J connectivity index is 2.62. The van der Waals surface area contributed by atoms with Crippen LogP contribution in [-0.2, 0) is 0 Å². The van der Waals surface area contributed by atoms with Gasteiger partial charge in [0.1, 0.15) is 5.75 Å². The number of hydrogen-bond donors (Lipinski definition) is 3. The second-order valence-electron chi connectivity index (χ2n) is 3.68. The molecule has 82 valence electrons. The molecule has 0 heterocycles. The van der Waals surface area contributed by atoms with Crippen molar-refractivity contribution < 1.29 is 15.3 Å². The van der Waals surface area contributed by atoms with Crippen molar-refractivity contribution in [1.29, 1.82) is 0 Å². The highest BCUT2D eigenvalue weighted by Crippen LogP contribution is 2.36. The van der Waals surface area contributed by atoms with Crippen LogP contribution in [0.15, 0.2) is 36.4 Å². The van der Waals surface area contributed by atoms with Gasteiger partial charge in [0.05, 0.1) is 0 Å². The predicted octanol–water partition coefficient (Wildman–Crippen LogP) is 2.78. The number of aryl methyl sites for hydroxylation is 1. The second kappa shape index (κ2) is 3.77. The summed E-state index contributed by atoms with van der Waals surface area (Å²) < 4.78 is 0. The summed E-state index contributed by atoms with van der Waals surface area (Å²) in [5, 5.41) is 28.6. The first kappa shape index (κ1) is 10.4. The summed E-state index contributed by atoms with van der Waals surface area (Å²) >= 11 is 0. The first-order chi connectivity index (χ1) is 7.59. The van der Waals surface area contributed by atoms with Crippen LogP contribution in [0, 0.1) is 6.92 Å². The predicted molar refractivity (Wildman–Crippen MR) is 61.6 cm³/mol. The summed E-state index contributed by atoms with van der Waals surface area (Å²) in [7, 11) is 0. The Morgan fingerprint density at radius 1 is 0.875 bits per heavy atom. The molecule has 0 amide bonds. The smallest absolute Gasteiger partial charge is 0.160 e. The lowest BCUT2D eigenvalue weighted by molar-refractivity contribution is 0.401. The lowest BCUT2D eigenvalue weighted by Crippen LogP contribution is -1.82. The molecule has 3 nitrogen and oxygen atoms in total. The molecule has 2 aromatic rings. The summed E-state index contributed by atoms with van der Waals surface area (Å²) in [4.78, 5) is 0. The number of hydrogen-bond acceptors (Lipinski definition) is 3. The van der Waals surface area contributed by atoms with Gasteiger partial charge in [-0.15, -0.1) is 0 Å². The standard InChI is InChI=1S/C13H12O3/c1-8-6-9(7-12(15)13(8)16)10-4-2-3-5-11(10)14/h2-7,14-16H,1H3. The molecule has 2 aromatic carbocycles. The van der Waals surface area contributed by atoms with Crippen LogP contribution in [0.4, 0.5) is 0 Å². The first-order valence-corrected chi connectivity index (χ1v) is 4.90. The van der Waals surface area contributed by atoms with E-state index in [-0.39, 0.29) is 17.2 Å². The normalized spacial score (nSPS) is 10.3. The summed E-state index contributed by atoms with van der Waals surface area (Å²) in [5.74, 6) is -0.163. The van der Waals surface area contributed by atoms with Crippen molar-refractivity contribution in [3.63, 3.8) is 0 Å². The summed E-state index contributed by atoms with van der Waals surface area (Å²) in [6.07, 6.45) is 0. The van der Waals surface area contributed by atoms with Crippen molar-refractivity contribution >= 4 is 0 Å². The quantitative estimate of drug-likeness (QED) is 0.642. The lowest BCUT2D eigenvalue weighted by Gasteiger charge is -2.08. The van der Waals surface area contributed by atoms with Crippen LogP contribution in [-0.4, -0.2) is 15.3 Å². The molecule has 0 fully saturated rings. The van der Waals surface area contributed by atoms with Gasteiger partial charge < -0.3 is 15.3 Å². The van der Waals surface area contributed by atoms with Crippen LogP contribution in [0.5, 0.6) is 17.2 Å². The Morgan fingerprint density at radius 2 is 1.56 bits per heavy atom. The Hall–Kier alpha value is -2.16. The van der Waals surface area contributed by atoms with Gasteiger partial charge in [0.25, 0.3) is 0 Å². The second-order valence-corrected chi connectivity index (χ2v) is 3.68. The molecule has 0 bridgehead atoms. The van der Waals surface area contributed by atoms with Gasteiger partial charge in [-0.3, -0.25) is 0 Å². The molecular formula is C13H12O3. The molecule has 0 unspecified atom stereocenters. The number of phenols is 3. The van der Waals surface area contributed by atoms with Gasteiger partial charge >= 0.3 is 0 Å². The third-order valence-electron chi connectivity index (χ3n) is 2.50. The van der Waals surface area contributed by atoms with E-state index in [0.717, 1.165) is 0 Å². The fourth-order valence-corrected chi connectivity index (χ4v) is 1.63. The number of aromatic hydroxyl groups is 3. The minimum atomic E-state index is -0.182. The van der Waals surface area contributed by atoms with E-state index in [9.17, 15) is 15.3 Å². The Morgan fingerprint density at radius 3 is 2.19 bits per heavy atom. The SMILES string of the molecule is Cc1cc(-c2ccccc2O)cc(O)c1O. The zero-order valence-corrected chi connectivity index (χ0v) is 8.81. The molecular weight excluding hydrogens is 204 g/mol. The molecule has 0 spiro atoms. The maximum atomic E-state index is 9.67. The third-order valence-corrected chi connectivity index (χ3v) is 2.50. The zero-order valence-electron chi connectivity index (χ0n) is 8.81. The van der Waals surface area contributed by atoms with Gasteiger partial charge in [-0.05, 0) is 36.2 Å². The number of para-hydroxylation sites is 1. The number of phenolic OH excluding ortho intramolecular Hbond substituents is 3. The first-order valence-electron chi connectivity index (χ1n) is 4.90. The minimum absolute atomic E-state index is 0.126. The molecule has 2 rings (SSSR count). The molecule has 0 aliphatic rings. The molecule has 0 aromatic heterocycles. The molecule has 16 heavy (non-hydrogen) atoms. The molecule has 0 saturated heterocycles. The van der Waals surface area contributed by atoms with Crippen LogP contribution < -0.4 is 0 Å². The molecule has 3 heteroatoms. The maximum absolute atomic E-state index is 9.67. The van der Waals surface area contributed by atoms with Crippen LogP contribution in [0.2, 0.25) is 0 Å². The third kappa shape index (κ3) is 1.67. The lowest BCUT2D eigenvalue weighted by atomic mass is 10.0. The molecule has 0 atom stereocenters. The van der Waals surface area contributed by atoms with Crippen molar-refractivity contribution in [3.05, 3.63) is 42.0 Å². The van der Waals surface area contributed by atoms with E-state index in [0.29, 0.717) is 16.7 Å². The Kier molecular flexibility index (Phi) is 2.44. The highest BCUT2D eigenvalue weighted by molar-refractivity contribution is 5.73. The van der Waals surface area contributed by atoms with Crippen molar-refractivity contribution in [2.45, 2.75) is 6.92 Å². The molecule has 0 radical (unpaired) electrons. The van der Waals surface area contributed by atoms with E-state index >= 15 is 0 Å². The maximum Gasteiger partial charge on any atom is 0.160 e. The minimum Gasteiger partial charge on any atom is -0.507 e. The van der Waals surface area contributed by atoms with Gasteiger partial charge in [-0.1, -0.05) is 18.2 Å². The van der Waals surface area contributed by atoms with Gasteiger partial charge in [0.15, 0.2) is 11.5 Å². The zero-order chi connectivity index (χ0) is 11.7. The van der Waals surface area contributed by atoms with Crippen LogP contribution in [0.1, 0.15) is 5.56 Å². The molecule has 0 aliphatic heterocycles. The Labute approximate surface area is 93.2 Å². The van der Waals surface area contributed by atoms with E-state index < -0.39 is 0 Å². The fourth-order valence-electron chi connectivity index (χ4n) is 1.63. The van der Waals surface area contributed by atoms with Crippen LogP contribution in [0.3, 0.4) is 0 Å². The van der Waals surface area contributed by atoms with E-state index in [1.807, 2.05) is 0 Å². The van der Waals surface area contributed by atoms with E-state index in [1.165, 1.54) is 6.07 Å². The van der Waals surface area contributed by atoms with Crippen molar-refractivity contribution in [1.82, 2.24) is 0 Å². The fraction of sp³-hybridized carbons (Fsp3) is 0.0769. The van der Waals surface area contributed by atoms with E-state index in [1.54, 1.807) is 37.3 Å². The molecule has 0 aliphatic carbocycles. The average Bonchev–Trinajstić information content (AvgIpc) is 2.26. The monoisotopic (exact) mass is 216 g/mol. The molecule has 3 N–H and O–H groups in total. The molecule has 0 saturated carbocycles. The highest BCUT2D eigenvalue weighted by atomic mass is 16.3. The van der Waals surface area contributed by atoms with Gasteiger partial charge in [-0.25, -0.2) is 0 Å². The van der Waals surface area contributed by atoms with Gasteiger partial charge in [0.2, 0.25) is 0 Å². The number of rotatable bonds is 1.